The predicted molar refractivity (Wildman–Crippen MR) is 130 cm³/mol. The number of hydrogen-bond donors (Lipinski definition) is 2. The number of carbonyl (C=O) groups excluding carboxylic acids is 3. The van der Waals surface area contributed by atoms with Gasteiger partial charge >= 0.3 is 6.03 Å². The van der Waals surface area contributed by atoms with Crippen LogP contribution in [-0.4, -0.2) is 44.2 Å². The number of aryl methyl sites for hydroxylation is 1. The van der Waals surface area contributed by atoms with Crippen LogP contribution in [0.15, 0.2) is 48.5 Å². The lowest BCUT2D eigenvalue weighted by molar-refractivity contribution is -0.134. The quantitative estimate of drug-likeness (QED) is 0.454. The molecule has 2 aliphatic rings. The van der Waals surface area contributed by atoms with E-state index >= 15 is 0 Å². The lowest BCUT2D eigenvalue weighted by Gasteiger charge is -2.30. The largest absolute Gasteiger partial charge is 0.325 e. The van der Waals surface area contributed by atoms with Gasteiger partial charge in [0.05, 0.1) is 22.2 Å². The Bertz CT molecular complexity index is 1500. The van der Waals surface area contributed by atoms with Crippen LogP contribution in [0.5, 0.6) is 0 Å². The first-order chi connectivity index (χ1) is 16.5. The smallest absolute Gasteiger partial charge is 0.323 e. The third kappa shape index (κ3) is 2.98. The molecule has 1 aliphatic heterocycles. The molecule has 1 saturated heterocycles. The first-order valence-corrected chi connectivity index (χ1v) is 11.7. The Morgan fingerprint density at radius 2 is 1.74 bits per heavy atom. The van der Waals surface area contributed by atoms with Crippen LogP contribution in [0.4, 0.5) is 10.5 Å². The second kappa shape index (κ2) is 7.55. The molecule has 0 radical (unpaired) electrons. The van der Waals surface area contributed by atoms with Crippen LogP contribution in [0.2, 0.25) is 0 Å². The third-order valence-corrected chi connectivity index (χ3v) is 7.16. The van der Waals surface area contributed by atoms with E-state index in [0.717, 1.165) is 57.3 Å². The number of fused-ring (bicyclic) bond motifs is 5. The van der Waals surface area contributed by atoms with Gasteiger partial charge in [-0.2, -0.15) is 0 Å². The molecule has 0 bridgehead atoms. The minimum absolute atomic E-state index is 0.288. The highest BCUT2D eigenvalue weighted by atomic mass is 16.2. The number of rotatable bonds is 3. The van der Waals surface area contributed by atoms with Crippen LogP contribution < -0.4 is 10.6 Å². The van der Waals surface area contributed by atoms with Crippen LogP contribution in [-0.2, 0) is 9.59 Å². The van der Waals surface area contributed by atoms with Crippen LogP contribution in [0.25, 0.3) is 27.3 Å². The SMILES string of the molecule is Cc1nc2ccccc2c2c(NC(=O)CN3C(=O)NC4(CCCCC4)C3=O)c3ccccc3n12. The third-order valence-electron chi connectivity index (χ3n) is 7.16. The zero-order valence-electron chi connectivity index (χ0n) is 18.9. The molecule has 4 amide bonds. The van der Waals surface area contributed by atoms with Gasteiger partial charge in [0.15, 0.2) is 0 Å². The molecular weight excluding hydrogens is 430 g/mol. The lowest BCUT2D eigenvalue weighted by Crippen LogP contribution is -2.48. The van der Waals surface area contributed by atoms with Crippen molar-refractivity contribution in [3.63, 3.8) is 0 Å². The van der Waals surface area contributed by atoms with E-state index in [4.69, 9.17) is 4.98 Å². The van der Waals surface area contributed by atoms with Crippen molar-refractivity contribution in [3.05, 3.63) is 54.4 Å². The summed E-state index contributed by atoms with van der Waals surface area (Å²) >= 11 is 0. The first kappa shape index (κ1) is 20.7. The number of hydrogen-bond acceptors (Lipinski definition) is 4. The highest BCUT2D eigenvalue weighted by molar-refractivity contribution is 6.17. The molecule has 172 valence electrons. The molecule has 1 spiro atoms. The van der Waals surface area contributed by atoms with E-state index in [1.807, 2.05) is 59.9 Å². The summed E-state index contributed by atoms with van der Waals surface area (Å²) in [7, 11) is 0. The fourth-order valence-corrected chi connectivity index (χ4v) is 5.59. The zero-order chi connectivity index (χ0) is 23.4. The minimum Gasteiger partial charge on any atom is -0.323 e. The van der Waals surface area contributed by atoms with E-state index < -0.39 is 17.5 Å². The van der Waals surface area contributed by atoms with E-state index in [0.29, 0.717) is 18.5 Å². The van der Waals surface area contributed by atoms with Gasteiger partial charge in [0.25, 0.3) is 5.91 Å². The maximum absolute atomic E-state index is 13.2. The fraction of sp³-hybridized carbons (Fsp3) is 0.308. The summed E-state index contributed by atoms with van der Waals surface area (Å²) in [6, 6.07) is 15.1. The average molecular weight is 456 g/mol. The van der Waals surface area contributed by atoms with Crippen LogP contribution >= 0.6 is 0 Å². The van der Waals surface area contributed by atoms with Crippen molar-refractivity contribution in [2.75, 3.05) is 11.9 Å². The molecular formula is C26H25N5O3. The van der Waals surface area contributed by atoms with E-state index in [1.54, 1.807) is 0 Å². The van der Waals surface area contributed by atoms with Crippen molar-refractivity contribution in [2.24, 2.45) is 0 Å². The number of carbonyl (C=O) groups is 3. The summed E-state index contributed by atoms with van der Waals surface area (Å²) < 4.78 is 2.04. The Morgan fingerprint density at radius 3 is 2.53 bits per heavy atom. The van der Waals surface area contributed by atoms with E-state index in [2.05, 4.69) is 10.6 Å². The Hall–Kier alpha value is -3.94. The van der Waals surface area contributed by atoms with Gasteiger partial charge in [-0.3, -0.25) is 18.9 Å². The molecule has 0 atom stereocenters. The van der Waals surface area contributed by atoms with Crippen molar-refractivity contribution in [3.8, 4) is 0 Å². The molecule has 6 rings (SSSR count). The fourth-order valence-electron chi connectivity index (χ4n) is 5.59. The maximum Gasteiger partial charge on any atom is 0.325 e. The highest BCUT2D eigenvalue weighted by Gasteiger charge is 2.51. The Kier molecular flexibility index (Phi) is 4.58. The van der Waals surface area contributed by atoms with Gasteiger partial charge in [-0.1, -0.05) is 55.7 Å². The zero-order valence-corrected chi connectivity index (χ0v) is 18.9. The van der Waals surface area contributed by atoms with Gasteiger partial charge < -0.3 is 10.6 Å². The van der Waals surface area contributed by atoms with Gasteiger partial charge in [0.1, 0.15) is 17.9 Å². The topological polar surface area (TPSA) is 95.8 Å². The summed E-state index contributed by atoms with van der Waals surface area (Å²) in [5.41, 5.74) is 2.42. The van der Waals surface area contributed by atoms with Crippen molar-refractivity contribution in [2.45, 2.75) is 44.6 Å². The lowest BCUT2D eigenvalue weighted by atomic mass is 9.82. The molecule has 34 heavy (non-hydrogen) atoms. The summed E-state index contributed by atoms with van der Waals surface area (Å²) in [4.78, 5) is 44.8. The van der Waals surface area contributed by atoms with Gasteiger partial charge in [0.2, 0.25) is 5.91 Å². The van der Waals surface area contributed by atoms with E-state index in [9.17, 15) is 14.4 Å². The molecule has 3 heterocycles. The molecule has 8 heteroatoms. The van der Waals surface area contributed by atoms with Crippen molar-refractivity contribution < 1.29 is 14.4 Å². The number of aromatic nitrogens is 2. The second-order valence-corrected chi connectivity index (χ2v) is 9.26. The van der Waals surface area contributed by atoms with E-state index in [1.165, 1.54) is 0 Å². The molecule has 2 aromatic heterocycles. The summed E-state index contributed by atoms with van der Waals surface area (Å²) in [6.45, 7) is 1.62. The second-order valence-electron chi connectivity index (χ2n) is 9.26. The molecule has 2 aromatic carbocycles. The number of amides is 4. The molecule has 0 unspecified atom stereocenters. The van der Waals surface area contributed by atoms with Crippen LogP contribution in [0.3, 0.4) is 0 Å². The average Bonchev–Trinajstić information content (AvgIpc) is 3.28. The Labute approximate surface area is 195 Å². The molecule has 1 saturated carbocycles. The van der Waals surface area contributed by atoms with Gasteiger partial charge in [0, 0.05) is 10.8 Å². The summed E-state index contributed by atoms with van der Waals surface area (Å²) in [5, 5.41) is 7.68. The highest BCUT2D eigenvalue weighted by Crippen LogP contribution is 2.37. The number of nitrogens with zero attached hydrogens (tertiary/aromatic N) is 3. The van der Waals surface area contributed by atoms with Gasteiger partial charge in [-0.05, 0) is 31.9 Å². The van der Waals surface area contributed by atoms with Crippen molar-refractivity contribution in [1.82, 2.24) is 19.6 Å². The number of para-hydroxylation sites is 2. The molecule has 2 fully saturated rings. The number of nitrogens with one attached hydrogen (secondary N) is 2. The van der Waals surface area contributed by atoms with E-state index in [-0.39, 0.29) is 12.5 Å². The number of benzene rings is 2. The molecule has 1 aliphatic carbocycles. The molecule has 4 aromatic rings. The normalized spacial score (nSPS) is 17.7. The Morgan fingerprint density at radius 1 is 1.03 bits per heavy atom. The molecule has 8 nitrogen and oxygen atoms in total. The molecule has 2 N–H and O–H groups in total. The number of anilines is 1. The van der Waals surface area contributed by atoms with Crippen molar-refractivity contribution in [1.29, 1.82) is 0 Å². The van der Waals surface area contributed by atoms with Crippen LogP contribution in [0.1, 0.15) is 37.9 Å². The maximum atomic E-state index is 13.2. The Balaban J connectivity index is 1.40. The predicted octanol–water partition coefficient (Wildman–Crippen LogP) is 4.14. The first-order valence-electron chi connectivity index (χ1n) is 11.7. The summed E-state index contributed by atoms with van der Waals surface area (Å²) in [6.07, 6.45) is 4.11. The van der Waals surface area contributed by atoms with Crippen molar-refractivity contribution >= 4 is 50.9 Å². The summed E-state index contributed by atoms with van der Waals surface area (Å²) in [5.74, 6) is 0.108. The number of imide groups is 1. The minimum atomic E-state index is -0.843. The van der Waals surface area contributed by atoms with Gasteiger partial charge in [-0.25, -0.2) is 9.78 Å². The van der Waals surface area contributed by atoms with Crippen LogP contribution in [0, 0.1) is 6.92 Å². The standard InChI is InChI=1S/C26H25N5O3/c1-16-27-19-11-5-3-9-17(19)23-22(18-10-4-6-12-20(18)31(16)23)28-21(32)15-30-24(33)26(29-25(30)34)13-7-2-8-14-26/h3-6,9-12H,2,7-8,13-15H2,1H3,(H,28,32)(H,29,34). The monoisotopic (exact) mass is 455 g/mol. The number of urea groups is 1. The van der Waals surface area contributed by atoms with Gasteiger partial charge in [-0.15, -0.1) is 0 Å².